The molecule has 4 nitrogen and oxygen atoms in total. The van der Waals surface area contributed by atoms with Crippen LogP contribution in [0.15, 0.2) is 12.4 Å². The topological polar surface area (TPSA) is 27.3 Å². The van der Waals surface area contributed by atoms with E-state index in [-0.39, 0.29) is 0 Å². The lowest BCUT2D eigenvalue weighted by Crippen LogP contribution is -2.46. The highest BCUT2D eigenvalue weighted by Crippen LogP contribution is 2.00. The molecule has 1 aromatic heterocycles. The molecule has 4 heteroatoms. The van der Waals surface area contributed by atoms with Crippen LogP contribution >= 0.6 is 0 Å². The van der Waals surface area contributed by atoms with Gasteiger partial charge in [-0.3, -0.25) is 0 Å². The lowest BCUT2D eigenvalue weighted by atomic mass is 10.2. The summed E-state index contributed by atoms with van der Waals surface area (Å²) in [4.78, 5) is 11.3. The molecular weight excluding hydrogens is 216 g/mol. The minimum Gasteiger partial charge on any atom is -0.336 e. The van der Waals surface area contributed by atoms with Crippen molar-refractivity contribution in [2.45, 2.75) is 52.9 Å². The molecule has 0 bridgehead atoms. The second-order valence-corrected chi connectivity index (χ2v) is 4.14. The first-order valence-electron chi connectivity index (χ1n) is 6.71. The summed E-state index contributed by atoms with van der Waals surface area (Å²) in [5.41, 5.74) is 0. The van der Waals surface area contributed by atoms with Gasteiger partial charge >= 0.3 is 5.82 Å². The molecule has 0 spiro atoms. The average Bonchev–Trinajstić information content (AvgIpc) is 2.73. The van der Waals surface area contributed by atoms with Crippen LogP contribution in [0.1, 0.15) is 52.3 Å². The Hall–Kier alpha value is -1.19. The number of hydrogen-bond donors (Lipinski definition) is 0. The lowest BCUT2D eigenvalue weighted by molar-refractivity contribution is -0.896. The largest absolute Gasteiger partial charge is 0.336 e. The highest BCUT2D eigenvalue weighted by molar-refractivity contribution is 4.80. The molecular formula is C13H25N2O2+. The van der Waals surface area contributed by atoms with Crippen molar-refractivity contribution in [3.05, 3.63) is 18.2 Å². The first-order chi connectivity index (χ1) is 8.33. The fraction of sp³-hybridized carbons (Fsp3) is 0.769. The number of nitrogens with zero attached hydrogens (tertiary/aromatic N) is 2. The summed E-state index contributed by atoms with van der Waals surface area (Å²) in [5, 5.41) is 0. The van der Waals surface area contributed by atoms with Crippen molar-refractivity contribution in [3.63, 3.8) is 0 Å². The normalized spacial score (nSPS) is 10.5. The van der Waals surface area contributed by atoms with Gasteiger partial charge in [0.1, 0.15) is 13.2 Å². The predicted molar refractivity (Wildman–Crippen MR) is 66.7 cm³/mol. The van der Waals surface area contributed by atoms with Crippen LogP contribution in [-0.2, 0) is 6.42 Å². The zero-order chi connectivity index (χ0) is 12.5. The maximum Gasteiger partial charge on any atom is 0.335 e. The number of rotatable bonds is 9. The summed E-state index contributed by atoms with van der Waals surface area (Å²) in [6, 6.07) is 0. The van der Waals surface area contributed by atoms with Gasteiger partial charge < -0.3 is 9.68 Å². The van der Waals surface area contributed by atoms with Gasteiger partial charge in [-0.05, 0) is 28.7 Å². The molecule has 98 valence electrons. The van der Waals surface area contributed by atoms with Gasteiger partial charge in [0, 0.05) is 0 Å². The van der Waals surface area contributed by atoms with E-state index >= 15 is 0 Å². The van der Waals surface area contributed by atoms with E-state index in [2.05, 4.69) is 20.8 Å². The molecule has 0 aliphatic heterocycles. The van der Waals surface area contributed by atoms with Crippen molar-refractivity contribution < 1.29 is 14.4 Å². The Morgan fingerprint density at radius 2 is 1.88 bits per heavy atom. The summed E-state index contributed by atoms with van der Waals surface area (Å²) in [6.45, 7) is 7.88. The van der Waals surface area contributed by atoms with Crippen LogP contribution in [0.2, 0.25) is 0 Å². The number of imidazole rings is 1. The summed E-state index contributed by atoms with van der Waals surface area (Å²) in [6.07, 6.45) is 9.19. The molecule has 0 radical (unpaired) electrons. The van der Waals surface area contributed by atoms with Gasteiger partial charge in [0.15, 0.2) is 12.4 Å². The zero-order valence-electron chi connectivity index (χ0n) is 11.3. The minimum atomic E-state index is 0.738. The van der Waals surface area contributed by atoms with Crippen LogP contribution in [0, 0.1) is 0 Å². The van der Waals surface area contributed by atoms with Gasteiger partial charge in [0.2, 0.25) is 0 Å². The molecule has 1 aromatic rings. The van der Waals surface area contributed by atoms with Crippen molar-refractivity contribution in [2.24, 2.45) is 0 Å². The summed E-state index contributed by atoms with van der Waals surface area (Å²) in [7, 11) is 0. The van der Waals surface area contributed by atoms with Crippen molar-refractivity contribution in [1.82, 2.24) is 4.73 Å². The number of unbranched alkanes of at least 4 members (excludes halogenated alkanes) is 1. The molecule has 0 amide bonds. The number of aromatic nitrogens is 2. The van der Waals surface area contributed by atoms with Crippen molar-refractivity contribution in [2.75, 3.05) is 13.2 Å². The quantitative estimate of drug-likeness (QED) is 0.616. The van der Waals surface area contributed by atoms with Gasteiger partial charge in [0.25, 0.3) is 0 Å². The van der Waals surface area contributed by atoms with E-state index in [9.17, 15) is 0 Å². The Morgan fingerprint density at radius 1 is 1.12 bits per heavy atom. The van der Waals surface area contributed by atoms with E-state index in [4.69, 9.17) is 9.68 Å². The van der Waals surface area contributed by atoms with E-state index in [1.165, 1.54) is 6.42 Å². The van der Waals surface area contributed by atoms with E-state index in [0.717, 1.165) is 44.7 Å². The van der Waals surface area contributed by atoms with E-state index in [0.29, 0.717) is 0 Å². The van der Waals surface area contributed by atoms with Gasteiger partial charge in [0.05, 0.1) is 6.42 Å². The fourth-order valence-electron chi connectivity index (χ4n) is 1.56. The first-order valence-corrected chi connectivity index (χ1v) is 6.71. The second kappa shape index (κ2) is 7.98. The SMILES string of the molecule is CCCCc1n(OCCC)cc[n+]1OCCC. The number of hydrogen-bond acceptors (Lipinski definition) is 2. The molecule has 0 aromatic carbocycles. The molecule has 0 saturated heterocycles. The molecule has 17 heavy (non-hydrogen) atoms. The third-order valence-corrected chi connectivity index (χ3v) is 2.47. The molecule has 0 atom stereocenters. The van der Waals surface area contributed by atoms with Crippen LogP contribution in [0.3, 0.4) is 0 Å². The summed E-state index contributed by atoms with van der Waals surface area (Å²) >= 11 is 0. The highest BCUT2D eigenvalue weighted by atomic mass is 16.7. The molecule has 0 saturated carbocycles. The molecule has 1 rings (SSSR count). The van der Waals surface area contributed by atoms with Crippen LogP contribution in [0.4, 0.5) is 0 Å². The third-order valence-electron chi connectivity index (χ3n) is 2.47. The molecule has 0 fully saturated rings. The standard InChI is InChI=1S/C13H25N2O2/c1-4-7-8-13-14(16-11-5-2)9-10-15(13)17-12-6-3/h9-10H,4-8,11-12H2,1-3H3/q+1. The van der Waals surface area contributed by atoms with Crippen molar-refractivity contribution in [3.8, 4) is 0 Å². The Bertz CT molecular complexity index is 285. The Balaban J connectivity index is 2.70. The Labute approximate surface area is 104 Å². The molecule has 0 N–H and O–H groups in total. The summed E-state index contributed by atoms with van der Waals surface area (Å²) in [5.74, 6) is 1.09. The first kappa shape index (κ1) is 13.9. The fourth-order valence-corrected chi connectivity index (χ4v) is 1.56. The average molecular weight is 241 g/mol. The molecule has 1 heterocycles. The lowest BCUT2D eigenvalue weighted by Gasteiger charge is -2.04. The van der Waals surface area contributed by atoms with Crippen LogP contribution < -0.4 is 14.4 Å². The van der Waals surface area contributed by atoms with Crippen molar-refractivity contribution in [1.29, 1.82) is 0 Å². The maximum atomic E-state index is 5.66. The van der Waals surface area contributed by atoms with Crippen LogP contribution in [0.25, 0.3) is 0 Å². The minimum absolute atomic E-state index is 0.738. The van der Waals surface area contributed by atoms with Gasteiger partial charge in [-0.1, -0.05) is 27.2 Å². The van der Waals surface area contributed by atoms with Crippen molar-refractivity contribution >= 4 is 0 Å². The molecule has 0 unspecified atom stereocenters. The third kappa shape index (κ3) is 4.29. The predicted octanol–water partition coefficient (Wildman–Crippen LogP) is 1.80. The van der Waals surface area contributed by atoms with E-state index in [1.54, 1.807) is 0 Å². The second-order valence-electron chi connectivity index (χ2n) is 4.14. The van der Waals surface area contributed by atoms with Crippen LogP contribution in [-0.4, -0.2) is 17.9 Å². The monoisotopic (exact) mass is 241 g/mol. The summed E-state index contributed by atoms with van der Waals surface area (Å²) < 4.78 is 3.68. The molecule has 0 aliphatic carbocycles. The smallest absolute Gasteiger partial charge is 0.335 e. The molecule has 0 aliphatic rings. The highest BCUT2D eigenvalue weighted by Gasteiger charge is 2.19. The Morgan fingerprint density at radius 3 is 2.53 bits per heavy atom. The zero-order valence-corrected chi connectivity index (χ0v) is 11.3. The van der Waals surface area contributed by atoms with Crippen LogP contribution in [0.5, 0.6) is 0 Å². The van der Waals surface area contributed by atoms with E-state index < -0.39 is 0 Å². The maximum absolute atomic E-state index is 5.66. The van der Waals surface area contributed by atoms with Gasteiger partial charge in [-0.2, -0.15) is 0 Å². The van der Waals surface area contributed by atoms with Gasteiger partial charge in [-0.15, -0.1) is 0 Å². The Kier molecular flexibility index (Phi) is 6.51. The van der Waals surface area contributed by atoms with E-state index in [1.807, 2.05) is 21.9 Å². The van der Waals surface area contributed by atoms with Gasteiger partial charge in [-0.25, -0.2) is 0 Å².